The fraction of sp³-hybridized carbons (Fsp3) is 0.450. The maximum atomic E-state index is 13.3. The molecule has 0 aliphatic heterocycles. The Morgan fingerprint density at radius 3 is 2.23 bits per heavy atom. The van der Waals surface area contributed by atoms with Crippen molar-refractivity contribution in [3.8, 4) is 0 Å². The van der Waals surface area contributed by atoms with E-state index in [2.05, 4.69) is 4.98 Å². The quantitative estimate of drug-likeness (QED) is 0.777. The molecule has 140 valence electrons. The van der Waals surface area contributed by atoms with Crippen LogP contribution >= 0.6 is 0 Å². The summed E-state index contributed by atoms with van der Waals surface area (Å²) in [6.07, 6.45) is 6.96. The van der Waals surface area contributed by atoms with Gasteiger partial charge in [-0.05, 0) is 30.5 Å². The van der Waals surface area contributed by atoms with Gasteiger partial charge in [0.05, 0.1) is 11.7 Å². The van der Waals surface area contributed by atoms with Gasteiger partial charge in [0, 0.05) is 26.3 Å². The first kappa shape index (κ1) is 19.0. The van der Waals surface area contributed by atoms with Crippen LogP contribution in [-0.4, -0.2) is 42.1 Å². The highest BCUT2D eigenvalue weighted by Gasteiger charge is 2.36. The van der Waals surface area contributed by atoms with Gasteiger partial charge in [0.2, 0.25) is 0 Å². The number of benzene rings is 1. The van der Waals surface area contributed by atoms with E-state index < -0.39 is 16.3 Å². The number of hydrogen-bond acceptors (Lipinski definition) is 3. The standard InChI is InChI=1S/C20H27N3O2S/c1-22(18-13-7-4-8-14-18)26(24,25)23(2)20(17-11-5-3-6-12-17)19-15-9-10-16-21-19/h3,5-6,9-12,15-16,18,20H,4,7-8,13-14H2,1-2H3/t20-/m0/s1. The summed E-state index contributed by atoms with van der Waals surface area (Å²) in [5.41, 5.74) is 1.64. The highest BCUT2D eigenvalue weighted by molar-refractivity contribution is 7.86. The molecule has 0 saturated heterocycles. The molecule has 1 aromatic heterocycles. The Hall–Kier alpha value is -1.76. The smallest absolute Gasteiger partial charge is 0.259 e. The normalized spacial score (nSPS) is 17.5. The Labute approximate surface area is 156 Å². The molecule has 3 rings (SSSR count). The van der Waals surface area contributed by atoms with Crippen molar-refractivity contribution >= 4 is 10.2 Å². The predicted molar refractivity (Wildman–Crippen MR) is 104 cm³/mol. The summed E-state index contributed by atoms with van der Waals surface area (Å²) in [5.74, 6) is 0. The van der Waals surface area contributed by atoms with Crippen molar-refractivity contribution in [2.75, 3.05) is 14.1 Å². The molecule has 1 fully saturated rings. The van der Waals surface area contributed by atoms with Crippen LogP contribution in [0, 0.1) is 0 Å². The summed E-state index contributed by atoms with van der Waals surface area (Å²) in [7, 11) is -0.243. The van der Waals surface area contributed by atoms with Gasteiger partial charge in [-0.15, -0.1) is 0 Å². The molecule has 1 aliphatic carbocycles. The van der Waals surface area contributed by atoms with Gasteiger partial charge < -0.3 is 0 Å². The molecule has 1 heterocycles. The molecule has 0 spiro atoms. The maximum Gasteiger partial charge on any atom is 0.282 e. The summed E-state index contributed by atoms with van der Waals surface area (Å²) in [6.45, 7) is 0. The van der Waals surface area contributed by atoms with Crippen LogP contribution in [0.3, 0.4) is 0 Å². The molecule has 0 radical (unpaired) electrons. The molecule has 0 bridgehead atoms. The van der Waals surface area contributed by atoms with E-state index in [1.807, 2.05) is 48.5 Å². The first-order chi connectivity index (χ1) is 12.5. The Morgan fingerprint density at radius 2 is 1.62 bits per heavy atom. The fourth-order valence-electron chi connectivity index (χ4n) is 3.71. The molecule has 0 unspecified atom stereocenters. The summed E-state index contributed by atoms with van der Waals surface area (Å²) in [4.78, 5) is 4.44. The van der Waals surface area contributed by atoms with Crippen LogP contribution in [0.2, 0.25) is 0 Å². The number of hydrogen-bond donors (Lipinski definition) is 0. The SMILES string of the molecule is CN(C1CCCCC1)S(=O)(=O)N(C)[C@@H](c1ccccc1)c1ccccn1. The van der Waals surface area contributed by atoms with E-state index in [1.54, 1.807) is 24.6 Å². The van der Waals surface area contributed by atoms with E-state index in [4.69, 9.17) is 0 Å². The average molecular weight is 374 g/mol. The number of nitrogens with zero attached hydrogens (tertiary/aromatic N) is 3. The second kappa shape index (κ2) is 8.29. The monoisotopic (exact) mass is 373 g/mol. The second-order valence-corrected chi connectivity index (χ2v) is 8.95. The molecule has 0 amide bonds. The van der Waals surface area contributed by atoms with Crippen LogP contribution < -0.4 is 0 Å². The van der Waals surface area contributed by atoms with Crippen LogP contribution in [0.15, 0.2) is 54.7 Å². The zero-order chi connectivity index (χ0) is 18.6. The topological polar surface area (TPSA) is 53.5 Å². The summed E-state index contributed by atoms with van der Waals surface area (Å²) >= 11 is 0. The van der Waals surface area contributed by atoms with Gasteiger partial charge in [0.1, 0.15) is 0 Å². The van der Waals surface area contributed by atoms with Gasteiger partial charge in [0.25, 0.3) is 10.2 Å². The zero-order valence-electron chi connectivity index (χ0n) is 15.5. The lowest BCUT2D eigenvalue weighted by atomic mass is 9.96. The molecule has 5 nitrogen and oxygen atoms in total. The Balaban J connectivity index is 1.95. The second-order valence-electron chi connectivity index (χ2n) is 6.90. The minimum absolute atomic E-state index is 0.0800. The fourth-order valence-corrected chi connectivity index (χ4v) is 5.20. The maximum absolute atomic E-state index is 13.3. The number of aromatic nitrogens is 1. The van der Waals surface area contributed by atoms with Crippen molar-refractivity contribution in [1.29, 1.82) is 0 Å². The van der Waals surface area contributed by atoms with Gasteiger partial charge in [-0.1, -0.05) is 55.7 Å². The first-order valence-corrected chi connectivity index (χ1v) is 10.6. The van der Waals surface area contributed by atoms with Crippen LogP contribution in [0.4, 0.5) is 0 Å². The van der Waals surface area contributed by atoms with E-state index in [-0.39, 0.29) is 6.04 Å². The molecule has 1 aliphatic rings. The van der Waals surface area contributed by atoms with Crippen molar-refractivity contribution < 1.29 is 8.42 Å². The Bertz CT molecular complexity index is 751. The molecule has 2 aromatic rings. The summed E-state index contributed by atoms with van der Waals surface area (Å²) in [6, 6.07) is 14.9. The van der Waals surface area contributed by atoms with Crippen molar-refractivity contribution in [2.45, 2.75) is 44.2 Å². The van der Waals surface area contributed by atoms with Crippen molar-refractivity contribution in [3.63, 3.8) is 0 Å². The van der Waals surface area contributed by atoms with Gasteiger partial charge in [0.15, 0.2) is 0 Å². The summed E-state index contributed by atoms with van der Waals surface area (Å²) < 4.78 is 29.7. The summed E-state index contributed by atoms with van der Waals surface area (Å²) in [5, 5.41) is 0. The van der Waals surface area contributed by atoms with Crippen LogP contribution in [0.1, 0.15) is 49.4 Å². The molecular weight excluding hydrogens is 346 g/mol. The van der Waals surface area contributed by atoms with Gasteiger partial charge in [-0.3, -0.25) is 4.98 Å². The van der Waals surface area contributed by atoms with Crippen molar-refractivity contribution in [3.05, 3.63) is 66.0 Å². The third-order valence-corrected chi connectivity index (χ3v) is 7.23. The molecule has 1 saturated carbocycles. The highest BCUT2D eigenvalue weighted by Crippen LogP contribution is 2.31. The zero-order valence-corrected chi connectivity index (χ0v) is 16.3. The molecule has 0 N–H and O–H groups in total. The molecular formula is C20H27N3O2S. The third-order valence-electron chi connectivity index (χ3n) is 5.26. The Morgan fingerprint density at radius 1 is 0.962 bits per heavy atom. The van der Waals surface area contributed by atoms with Crippen molar-refractivity contribution in [2.24, 2.45) is 0 Å². The minimum Gasteiger partial charge on any atom is -0.259 e. The van der Waals surface area contributed by atoms with Gasteiger partial charge in [-0.25, -0.2) is 0 Å². The van der Waals surface area contributed by atoms with E-state index >= 15 is 0 Å². The number of pyridine rings is 1. The minimum atomic E-state index is -3.61. The van der Waals surface area contributed by atoms with E-state index in [0.717, 1.165) is 36.9 Å². The third kappa shape index (κ3) is 3.98. The van der Waals surface area contributed by atoms with Gasteiger partial charge in [-0.2, -0.15) is 17.0 Å². The van der Waals surface area contributed by atoms with Crippen molar-refractivity contribution in [1.82, 2.24) is 13.6 Å². The van der Waals surface area contributed by atoms with Crippen LogP contribution in [-0.2, 0) is 10.2 Å². The molecule has 26 heavy (non-hydrogen) atoms. The average Bonchev–Trinajstić information content (AvgIpc) is 2.70. The number of rotatable bonds is 6. The molecule has 6 heteroatoms. The van der Waals surface area contributed by atoms with Crippen LogP contribution in [0.5, 0.6) is 0 Å². The lowest BCUT2D eigenvalue weighted by molar-refractivity contribution is 0.262. The van der Waals surface area contributed by atoms with E-state index in [0.29, 0.717) is 0 Å². The Kier molecular flexibility index (Phi) is 6.06. The lowest BCUT2D eigenvalue weighted by Crippen LogP contribution is -2.47. The molecule has 1 atom stereocenters. The largest absolute Gasteiger partial charge is 0.282 e. The lowest BCUT2D eigenvalue weighted by Gasteiger charge is -2.36. The van der Waals surface area contributed by atoms with E-state index in [9.17, 15) is 8.42 Å². The predicted octanol–water partition coefficient (Wildman–Crippen LogP) is 3.61. The highest BCUT2D eigenvalue weighted by atomic mass is 32.2. The van der Waals surface area contributed by atoms with E-state index in [1.165, 1.54) is 10.7 Å². The molecule has 1 aromatic carbocycles. The first-order valence-electron chi connectivity index (χ1n) is 9.18. The van der Waals surface area contributed by atoms with Crippen LogP contribution in [0.25, 0.3) is 0 Å². The van der Waals surface area contributed by atoms with Gasteiger partial charge >= 0.3 is 0 Å².